The molecule has 0 unspecified atom stereocenters. The van der Waals surface area contributed by atoms with Crippen molar-refractivity contribution in [2.75, 3.05) is 6.61 Å². The molecule has 3 rings (SSSR count). The molecule has 0 atom stereocenters. The zero-order chi connectivity index (χ0) is 20.5. The third kappa shape index (κ3) is 5.93. The van der Waals surface area contributed by atoms with Crippen LogP contribution in [0.1, 0.15) is 51.5 Å². The van der Waals surface area contributed by atoms with Gasteiger partial charge in [-0.1, -0.05) is 81.6 Å². The molecule has 3 aromatic rings. The maximum Gasteiger partial charge on any atom is 0.131 e. The fraction of sp³-hybridized carbons (Fsp3) is 0.333. The molecule has 0 aliphatic rings. The Morgan fingerprint density at radius 3 is 2.00 bits per heavy atom. The molecule has 0 heterocycles. The number of ether oxygens (including phenoxy) is 1. The third-order valence-corrected chi connectivity index (χ3v) is 5.26. The first-order valence-electron chi connectivity index (χ1n) is 10.8. The Morgan fingerprint density at radius 1 is 0.690 bits per heavy atom. The van der Waals surface area contributed by atoms with Gasteiger partial charge < -0.3 is 4.74 Å². The van der Waals surface area contributed by atoms with Gasteiger partial charge in [-0.25, -0.2) is 4.39 Å². The van der Waals surface area contributed by atoms with E-state index in [4.69, 9.17) is 4.74 Å². The molecule has 0 radical (unpaired) electrons. The molecule has 152 valence electrons. The van der Waals surface area contributed by atoms with E-state index in [0.29, 0.717) is 5.56 Å². The first-order valence-corrected chi connectivity index (χ1v) is 10.8. The maximum atomic E-state index is 14.8. The maximum absolute atomic E-state index is 14.8. The number of hydrogen-bond acceptors (Lipinski definition) is 1. The Bertz CT molecular complexity index is 881. The third-order valence-electron chi connectivity index (χ3n) is 5.26. The summed E-state index contributed by atoms with van der Waals surface area (Å²) < 4.78 is 20.5. The molecular formula is C27H31FO. The van der Waals surface area contributed by atoms with Crippen LogP contribution in [-0.4, -0.2) is 6.61 Å². The van der Waals surface area contributed by atoms with Crippen LogP contribution in [0.2, 0.25) is 0 Å². The molecular weight excluding hydrogens is 359 g/mol. The van der Waals surface area contributed by atoms with E-state index in [-0.39, 0.29) is 5.82 Å². The van der Waals surface area contributed by atoms with Crippen molar-refractivity contribution in [3.8, 4) is 28.0 Å². The van der Waals surface area contributed by atoms with Crippen LogP contribution in [0, 0.1) is 5.82 Å². The van der Waals surface area contributed by atoms with Crippen molar-refractivity contribution in [1.82, 2.24) is 0 Å². The molecule has 1 nitrogen and oxygen atoms in total. The molecule has 0 aromatic heterocycles. The predicted molar refractivity (Wildman–Crippen MR) is 121 cm³/mol. The van der Waals surface area contributed by atoms with Crippen molar-refractivity contribution >= 4 is 0 Å². The van der Waals surface area contributed by atoms with Gasteiger partial charge in [0.05, 0.1) is 6.61 Å². The Morgan fingerprint density at radius 2 is 1.34 bits per heavy atom. The summed E-state index contributed by atoms with van der Waals surface area (Å²) in [5, 5.41) is 0. The summed E-state index contributed by atoms with van der Waals surface area (Å²) in [4.78, 5) is 0. The van der Waals surface area contributed by atoms with Gasteiger partial charge in [0, 0.05) is 5.56 Å². The molecule has 0 amide bonds. The highest BCUT2D eigenvalue weighted by molar-refractivity contribution is 5.71. The lowest BCUT2D eigenvalue weighted by Gasteiger charge is -2.09. The van der Waals surface area contributed by atoms with Gasteiger partial charge >= 0.3 is 0 Å². The zero-order valence-electron chi connectivity index (χ0n) is 17.6. The van der Waals surface area contributed by atoms with E-state index in [1.807, 2.05) is 48.5 Å². The highest BCUT2D eigenvalue weighted by Gasteiger charge is 2.08. The molecule has 0 saturated heterocycles. The highest BCUT2D eigenvalue weighted by atomic mass is 19.1. The van der Waals surface area contributed by atoms with Crippen molar-refractivity contribution in [3.05, 3.63) is 78.1 Å². The van der Waals surface area contributed by atoms with Gasteiger partial charge in [0.25, 0.3) is 0 Å². The summed E-state index contributed by atoms with van der Waals surface area (Å²) in [6, 6.07) is 21.7. The fourth-order valence-electron chi connectivity index (χ4n) is 3.44. The van der Waals surface area contributed by atoms with Crippen LogP contribution in [0.4, 0.5) is 4.39 Å². The molecule has 29 heavy (non-hydrogen) atoms. The molecule has 2 heteroatoms. The van der Waals surface area contributed by atoms with Crippen LogP contribution in [0.15, 0.2) is 66.7 Å². The second kappa shape index (κ2) is 10.8. The minimum Gasteiger partial charge on any atom is -0.494 e. The molecule has 3 aromatic carbocycles. The molecule has 0 spiro atoms. The van der Waals surface area contributed by atoms with Crippen LogP contribution in [0.5, 0.6) is 5.75 Å². The zero-order valence-corrected chi connectivity index (χ0v) is 17.6. The molecule has 0 aliphatic heterocycles. The first kappa shape index (κ1) is 21.1. The second-order valence-corrected chi connectivity index (χ2v) is 7.58. The second-order valence-electron chi connectivity index (χ2n) is 7.58. The first-order chi connectivity index (χ1) is 14.2. The monoisotopic (exact) mass is 390 g/mol. The minimum absolute atomic E-state index is 0.190. The van der Waals surface area contributed by atoms with Gasteiger partial charge in [-0.2, -0.15) is 0 Å². The van der Waals surface area contributed by atoms with Crippen molar-refractivity contribution in [2.24, 2.45) is 0 Å². The molecule has 0 bridgehead atoms. The van der Waals surface area contributed by atoms with Crippen LogP contribution in [0.3, 0.4) is 0 Å². The number of halogens is 1. The van der Waals surface area contributed by atoms with Gasteiger partial charge in [-0.15, -0.1) is 0 Å². The van der Waals surface area contributed by atoms with E-state index in [9.17, 15) is 4.39 Å². The van der Waals surface area contributed by atoms with Gasteiger partial charge in [0.2, 0.25) is 0 Å². The lowest BCUT2D eigenvalue weighted by molar-refractivity contribution is 0.309. The molecule has 0 N–H and O–H groups in total. The summed E-state index contributed by atoms with van der Waals surface area (Å²) >= 11 is 0. The van der Waals surface area contributed by atoms with Crippen LogP contribution < -0.4 is 4.74 Å². The predicted octanol–water partition coefficient (Wildman–Crippen LogP) is 8.07. The Hall–Kier alpha value is -2.61. The number of aryl methyl sites for hydroxylation is 1. The fourth-order valence-corrected chi connectivity index (χ4v) is 3.44. The minimum atomic E-state index is -0.190. The van der Waals surface area contributed by atoms with Gasteiger partial charge in [-0.05, 0) is 59.7 Å². The summed E-state index contributed by atoms with van der Waals surface area (Å²) in [6.45, 7) is 5.09. The van der Waals surface area contributed by atoms with Crippen LogP contribution >= 0.6 is 0 Å². The van der Waals surface area contributed by atoms with Gasteiger partial charge in [0.1, 0.15) is 11.6 Å². The Kier molecular flexibility index (Phi) is 7.86. The highest BCUT2D eigenvalue weighted by Crippen LogP contribution is 2.29. The summed E-state index contributed by atoms with van der Waals surface area (Å²) in [6.07, 6.45) is 6.95. The van der Waals surface area contributed by atoms with Gasteiger partial charge in [-0.3, -0.25) is 0 Å². The van der Waals surface area contributed by atoms with E-state index < -0.39 is 0 Å². The SMILES string of the molecule is CCCCCc1ccc(-c2ccc(-c3ccc(OCCCC)cc3)cc2F)cc1. The van der Waals surface area contributed by atoms with E-state index in [0.717, 1.165) is 48.3 Å². The lowest BCUT2D eigenvalue weighted by atomic mass is 9.98. The van der Waals surface area contributed by atoms with E-state index in [1.54, 1.807) is 6.07 Å². The Balaban J connectivity index is 1.70. The van der Waals surface area contributed by atoms with Crippen molar-refractivity contribution in [3.63, 3.8) is 0 Å². The van der Waals surface area contributed by atoms with Crippen molar-refractivity contribution < 1.29 is 9.13 Å². The standard InChI is InChI=1S/C27H31FO/c1-3-5-7-8-21-9-11-23(12-10-21)26-18-15-24(20-27(26)28)22-13-16-25(17-14-22)29-19-6-4-2/h9-18,20H,3-8,19H2,1-2H3. The van der Waals surface area contributed by atoms with E-state index >= 15 is 0 Å². The van der Waals surface area contributed by atoms with Crippen molar-refractivity contribution in [2.45, 2.75) is 52.4 Å². The normalized spacial score (nSPS) is 10.9. The number of benzene rings is 3. The average molecular weight is 391 g/mol. The van der Waals surface area contributed by atoms with Crippen LogP contribution in [0.25, 0.3) is 22.3 Å². The number of unbranched alkanes of at least 4 members (excludes halogenated alkanes) is 3. The summed E-state index contributed by atoms with van der Waals surface area (Å²) in [5.74, 6) is 0.669. The summed E-state index contributed by atoms with van der Waals surface area (Å²) in [5.41, 5.74) is 4.76. The lowest BCUT2D eigenvalue weighted by Crippen LogP contribution is -1.96. The largest absolute Gasteiger partial charge is 0.494 e. The van der Waals surface area contributed by atoms with Crippen LogP contribution in [-0.2, 0) is 6.42 Å². The molecule has 0 aliphatic carbocycles. The number of rotatable bonds is 10. The molecule has 0 saturated carbocycles. The van der Waals surface area contributed by atoms with E-state index in [2.05, 4.69) is 26.0 Å². The Labute approximate surface area is 174 Å². The quantitative estimate of drug-likeness (QED) is 0.318. The smallest absolute Gasteiger partial charge is 0.131 e. The molecule has 0 fully saturated rings. The van der Waals surface area contributed by atoms with Crippen molar-refractivity contribution in [1.29, 1.82) is 0 Å². The average Bonchev–Trinajstić information content (AvgIpc) is 2.75. The summed E-state index contributed by atoms with van der Waals surface area (Å²) in [7, 11) is 0. The van der Waals surface area contributed by atoms with E-state index in [1.165, 1.54) is 24.8 Å². The van der Waals surface area contributed by atoms with Gasteiger partial charge in [0.15, 0.2) is 0 Å². The topological polar surface area (TPSA) is 9.23 Å². The number of hydrogen-bond donors (Lipinski definition) is 0.